The first kappa shape index (κ1) is 17.4. The smallest absolute Gasteiger partial charge is 0.150 e. The highest BCUT2D eigenvalue weighted by Gasteiger charge is 2.21. The topological polar surface area (TPSA) is 118 Å². The number of halogens is 1. The van der Waals surface area contributed by atoms with Gasteiger partial charge in [-0.3, -0.25) is 4.57 Å². The molecular weight excluding hydrogens is 359 g/mol. The number of pyridine rings is 1. The molecule has 0 bridgehead atoms. The van der Waals surface area contributed by atoms with Crippen molar-refractivity contribution < 1.29 is 4.39 Å². The molecule has 3 N–H and O–H groups in total. The molecule has 0 aliphatic carbocycles. The molecule has 3 heterocycles. The number of aromatic nitrogens is 5. The summed E-state index contributed by atoms with van der Waals surface area (Å²) in [7, 11) is 0. The molecule has 138 valence electrons. The number of rotatable bonds is 4. The Bertz CT molecular complexity index is 1200. The summed E-state index contributed by atoms with van der Waals surface area (Å²) in [6.07, 6.45) is 2.93. The highest BCUT2D eigenvalue weighted by Crippen LogP contribution is 2.28. The van der Waals surface area contributed by atoms with Crippen LogP contribution in [0.2, 0.25) is 0 Å². The maximum absolute atomic E-state index is 13.9. The number of imidazole rings is 1. The van der Waals surface area contributed by atoms with Crippen molar-refractivity contribution in [2.75, 3.05) is 11.1 Å². The second-order valence-corrected chi connectivity index (χ2v) is 6.09. The molecule has 8 nitrogen and oxygen atoms in total. The van der Waals surface area contributed by atoms with Gasteiger partial charge in [-0.1, -0.05) is 6.07 Å². The van der Waals surface area contributed by atoms with Gasteiger partial charge in [0.05, 0.1) is 17.1 Å². The van der Waals surface area contributed by atoms with Crippen LogP contribution in [0.15, 0.2) is 48.9 Å². The minimum atomic E-state index is -0.390. The first-order valence-corrected chi connectivity index (χ1v) is 8.45. The van der Waals surface area contributed by atoms with Gasteiger partial charge in [-0.2, -0.15) is 5.26 Å². The first-order valence-electron chi connectivity index (χ1n) is 8.45. The molecule has 0 spiro atoms. The number of hydrogen-bond acceptors (Lipinski definition) is 7. The van der Waals surface area contributed by atoms with Crippen LogP contribution in [0.25, 0.3) is 16.9 Å². The molecule has 9 heteroatoms. The Labute approximate surface area is 159 Å². The summed E-state index contributed by atoms with van der Waals surface area (Å²) in [4.78, 5) is 17.0. The molecular formula is C19H15FN8. The molecule has 3 aromatic heterocycles. The molecule has 0 saturated heterocycles. The average Bonchev–Trinajstić information content (AvgIpc) is 3.07. The second-order valence-electron chi connectivity index (χ2n) is 6.09. The molecule has 1 atom stereocenters. The van der Waals surface area contributed by atoms with Crippen LogP contribution >= 0.6 is 0 Å². The van der Waals surface area contributed by atoms with E-state index in [4.69, 9.17) is 5.73 Å². The van der Waals surface area contributed by atoms with Gasteiger partial charge in [0.2, 0.25) is 0 Å². The van der Waals surface area contributed by atoms with Crippen LogP contribution in [0, 0.1) is 17.1 Å². The lowest BCUT2D eigenvalue weighted by atomic mass is 10.2. The van der Waals surface area contributed by atoms with Gasteiger partial charge in [-0.25, -0.2) is 24.3 Å². The summed E-state index contributed by atoms with van der Waals surface area (Å²) in [5, 5.41) is 12.5. The van der Waals surface area contributed by atoms with E-state index in [1.165, 1.54) is 18.5 Å². The number of hydrogen-bond donors (Lipinski definition) is 2. The Balaban J connectivity index is 1.85. The zero-order valence-corrected chi connectivity index (χ0v) is 14.8. The average molecular weight is 374 g/mol. The lowest BCUT2D eigenvalue weighted by Crippen LogP contribution is -2.16. The molecule has 1 aromatic carbocycles. The van der Waals surface area contributed by atoms with E-state index in [-0.39, 0.29) is 23.2 Å². The molecule has 0 amide bonds. The molecule has 4 aromatic rings. The summed E-state index contributed by atoms with van der Waals surface area (Å²) >= 11 is 0. The summed E-state index contributed by atoms with van der Waals surface area (Å²) in [6, 6.07) is 11.4. The number of nitrogen functional groups attached to an aromatic ring is 1. The number of nitrogens with zero attached hydrogens (tertiary/aromatic N) is 6. The van der Waals surface area contributed by atoms with Crippen molar-refractivity contribution in [3.8, 4) is 11.9 Å². The van der Waals surface area contributed by atoms with Crippen LogP contribution in [-0.4, -0.2) is 24.5 Å². The highest BCUT2D eigenvalue weighted by atomic mass is 19.1. The van der Waals surface area contributed by atoms with E-state index in [9.17, 15) is 9.65 Å². The first-order chi connectivity index (χ1) is 13.6. The number of nitriles is 1. The number of anilines is 2. The molecule has 0 fully saturated rings. The van der Waals surface area contributed by atoms with Crippen molar-refractivity contribution in [3.05, 3.63) is 66.1 Å². The van der Waals surface area contributed by atoms with E-state index in [0.717, 1.165) is 0 Å². The molecule has 0 unspecified atom stereocenters. The Kier molecular flexibility index (Phi) is 4.29. The van der Waals surface area contributed by atoms with E-state index >= 15 is 0 Å². The summed E-state index contributed by atoms with van der Waals surface area (Å²) in [5.74, 6) is 1.20. The SMILES string of the molecule is C[C@@H](Nc1ncnc(N)c1C#N)c1nc2ccc(F)cc2n1-c1ccccn1. The largest absolute Gasteiger partial charge is 0.382 e. The van der Waals surface area contributed by atoms with Gasteiger partial charge < -0.3 is 11.1 Å². The van der Waals surface area contributed by atoms with Crippen LogP contribution in [0.1, 0.15) is 24.4 Å². The standard InChI is InChI=1S/C19H15FN8/c1-11(26-18-13(9-21)17(22)24-10-25-18)19-27-14-6-5-12(20)8-15(14)28(19)16-4-2-3-7-23-16/h2-8,10-11H,1H3,(H3,22,24,25,26)/t11-/m1/s1. The van der Waals surface area contributed by atoms with Crippen LogP contribution in [0.3, 0.4) is 0 Å². The number of fused-ring (bicyclic) bond motifs is 1. The van der Waals surface area contributed by atoms with E-state index in [1.807, 2.05) is 25.1 Å². The normalized spacial score (nSPS) is 11.9. The van der Waals surface area contributed by atoms with Crippen LogP contribution in [0.5, 0.6) is 0 Å². The molecule has 0 aliphatic heterocycles. The van der Waals surface area contributed by atoms with Gasteiger partial charge in [0.1, 0.15) is 47.1 Å². The van der Waals surface area contributed by atoms with Gasteiger partial charge in [0.25, 0.3) is 0 Å². The third-order valence-electron chi connectivity index (χ3n) is 4.25. The highest BCUT2D eigenvalue weighted by molar-refractivity contribution is 5.78. The molecule has 0 radical (unpaired) electrons. The van der Waals surface area contributed by atoms with Gasteiger partial charge in [0.15, 0.2) is 0 Å². The predicted octanol–water partition coefficient (Wildman–Crippen LogP) is 2.98. The summed E-state index contributed by atoms with van der Waals surface area (Å²) < 4.78 is 15.7. The number of benzene rings is 1. The fourth-order valence-corrected chi connectivity index (χ4v) is 2.97. The number of nitrogens with one attached hydrogen (secondary N) is 1. The third kappa shape index (κ3) is 2.97. The lowest BCUT2D eigenvalue weighted by Gasteiger charge is -2.17. The summed E-state index contributed by atoms with van der Waals surface area (Å²) in [6.45, 7) is 1.86. The van der Waals surface area contributed by atoms with Gasteiger partial charge in [-0.15, -0.1) is 0 Å². The van der Waals surface area contributed by atoms with Crippen molar-refractivity contribution in [3.63, 3.8) is 0 Å². The quantitative estimate of drug-likeness (QED) is 0.564. The van der Waals surface area contributed by atoms with E-state index in [0.29, 0.717) is 28.5 Å². The maximum Gasteiger partial charge on any atom is 0.150 e. The third-order valence-corrected chi connectivity index (χ3v) is 4.25. The Morgan fingerprint density at radius 1 is 1.21 bits per heavy atom. The Morgan fingerprint density at radius 2 is 2.07 bits per heavy atom. The Morgan fingerprint density at radius 3 is 2.82 bits per heavy atom. The minimum Gasteiger partial charge on any atom is -0.382 e. The van der Waals surface area contributed by atoms with E-state index in [2.05, 4.69) is 25.3 Å². The van der Waals surface area contributed by atoms with Crippen molar-refractivity contribution in [2.24, 2.45) is 0 Å². The van der Waals surface area contributed by atoms with Crippen molar-refractivity contribution in [1.29, 1.82) is 5.26 Å². The Hall–Kier alpha value is -4.06. The van der Waals surface area contributed by atoms with Gasteiger partial charge in [-0.05, 0) is 31.2 Å². The fourth-order valence-electron chi connectivity index (χ4n) is 2.97. The fraction of sp³-hybridized carbons (Fsp3) is 0.105. The molecule has 0 aliphatic rings. The zero-order valence-electron chi connectivity index (χ0n) is 14.8. The molecule has 4 rings (SSSR count). The van der Waals surface area contributed by atoms with Gasteiger partial charge >= 0.3 is 0 Å². The van der Waals surface area contributed by atoms with Crippen molar-refractivity contribution >= 4 is 22.7 Å². The number of nitrogens with two attached hydrogens (primary N) is 1. The molecule has 0 saturated carbocycles. The molecule has 28 heavy (non-hydrogen) atoms. The van der Waals surface area contributed by atoms with Crippen LogP contribution in [0.4, 0.5) is 16.0 Å². The van der Waals surface area contributed by atoms with Crippen molar-refractivity contribution in [2.45, 2.75) is 13.0 Å². The summed E-state index contributed by atoms with van der Waals surface area (Å²) in [5.41, 5.74) is 7.12. The van der Waals surface area contributed by atoms with Crippen LogP contribution in [-0.2, 0) is 0 Å². The van der Waals surface area contributed by atoms with Crippen LogP contribution < -0.4 is 11.1 Å². The zero-order chi connectivity index (χ0) is 19.7. The van der Waals surface area contributed by atoms with Crippen molar-refractivity contribution in [1.82, 2.24) is 24.5 Å². The lowest BCUT2D eigenvalue weighted by molar-refractivity contribution is 0.629. The van der Waals surface area contributed by atoms with E-state index < -0.39 is 0 Å². The maximum atomic E-state index is 13.9. The monoisotopic (exact) mass is 374 g/mol. The second kappa shape index (κ2) is 6.92. The predicted molar refractivity (Wildman–Crippen MR) is 102 cm³/mol. The van der Waals surface area contributed by atoms with Gasteiger partial charge in [0, 0.05) is 12.3 Å². The van der Waals surface area contributed by atoms with E-state index in [1.54, 1.807) is 22.9 Å². The minimum absolute atomic E-state index is 0.0903.